The van der Waals surface area contributed by atoms with Crippen molar-refractivity contribution in [3.63, 3.8) is 0 Å². The minimum Gasteiger partial charge on any atom is -0.337 e. The summed E-state index contributed by atoms with van der Waals surface area (Å²) >= 11 is 1.55. The number of likely N-dealkylation sites (tertiary alicyclic amines) is 1. The molecule has 3 nitrogen and oxygen atoms in total. The molecule has 2 fully saturated rings. The van der Waals surface area contributed by atoms with E-state index < -0.39 is 0 Å². The summed E-state index contributed by atoms with van der Waals surface area (Å²) in [5, 5.41) is 2.01. The van der Waals surface area contributed by atoms with Crippen LogP contribution < -0.4 is 5.73 Å². The van der Waals surface area contributed by atoms with Crippen molar-refractivity contribution in [3.05, 3.63) is 46.7 Å². The monoisotopic (exact) mass is 348 g/mol. The molecular formula is C18H21ClN2OS. The molecule has 3 atom stereocenters. The van der Waals surface area contributed by atoms with Gasteiger partial charge in [-0.25, -0.2) is 0 Å². The van der Waals surface area contributed by atoms with E-state index >= 15 is 0 Å². The third-order valence-corrected chi connectivity index (χ3v) is 6.05. The first-order valence-electron chi connectivity index (χ1n) is 7.92. The minimum absolute atomic E-state index is 0. The lowest BCUT2D eigenvalue weighted by molar-refractivity contribution is 0.0785. The van der Waals surface area contributed by atoms with Crippen molar-refractivity contribution >= 4 is 29.7 Å². The molecule has 4 rings (SSSR count). The van der Waals surface area contributed by atoms with Crippen molar-refractivity contribution in [2.45, 2.75) is 18.9 Å². The van der Waals surface area contributed by atoms with Crippen LogP contribution in [0.4, 0.5) is 0 Å². The van der Waals surface area contributed by atoms with E-state index in [0.29, 0.717) is 11.8 Å². The van der Waals surface area contributed by atoms with Gasteiger partial charge in [0.05, 0.1) is 4.88 Å². The van der Waals surface area contributed by atoms with Gasteiger partial charge in [-0.1, -0.05) is 30.3 Å². The molecule has 2 heterocycles. The molecule has 2 aromatic rings. The van der Waals surface area contributed by atoms with Crippen LogP contribution in [0.5, 0.6) is 0 Å². The number of nitrogens with zero attached hydrogens (tertiary/aromatic N) is 1. The van der Waals surface area contributed by atoms with Gasteiger partial charge in [0.15, 0.2) is 0 Å². The first kappa shape index (κ1) is 16.5. The predicted molar refractivity (Wildman–Crippen MR) is 97.1 cm³/mol. The van der Waals surface area contributed by atoms with Crippen molar-refractivity contribution in [1.82, 2.24) is 4.90 Å². The lowest BCUT2D eigenvalue weighted by Crippen LogP contribution is -2.33. The number of hydrogen-bond donors (Lipinski definition) is 1. The Morgan fingerprint density at radius 1 is 1.13 bits per heavy atom. The van der Waals surface area contributed by atoms with E-state index in [4.69, 9.17) is 5.73 Å². The minimum atomic E-state index is 0. The number of halogens is 1. The highest BCUT2D eigenvalue weighted by molar-refractivity contribution is 7.12. The molecule has 0 radical (unpaired) electrons. The first-order valence-corrected chi connectivity index (χ1v) is 8.80. The second-order valence-corrected chi connectivity index (χ2v) is 7.32. The predicted octanol–water partition coefficient (Wildman–Crippen LogP) is 3.65. The molecule has 2 aliphatic rings. The molecule has 122 valence electrons. The molecule has 23 heavy (non-hydrogen) atoms. The lowest BCUT2D eigenvalue weighted by Gasteiger charge is -2.19. The van der Waals surface area contributed by atoms with Gasteiger partial charge in [-0.15, -0.1) is 23.7 Å². The number of rotatable bonds is 2. The van der Waals surface area contributed by atoms with Crippen LogP contribution in [0.15, 0.2) is 41.8 Å². The van der Waals surface area contributed by atoms with Crippen molar-refractivity contribution < 1.29 is 4.79 Å². The molecule has 5 heteroatoms. The van der Waals surface area contributed by atoms with E-state index in [0.717, 1.165) is 35.5 Å². The van der Waals surface area contributed by atoms with Gasteiger partial charge in [0, 0.05) is 24.7 Å². The van der Waals surface area contributed by atoms with Gasteiger partial charge < -0.3 is 10.6 Å². The standard InChI is InChI=1S/C18H20N2OS.ClH/c19-16-7-6-13-10-20(11-15(13)16)18(21)17-14(8-9-22-17)12-4-2-1-3-5-12;/h1-5,8-9,13,15-16H,6-7,10-11,19H2;1H. The molecule has 1 amide bonds. The van der Waals surface area contributed by atoms with Crippen LogP contribution in [0.2, 0.25) is 0 Å². The Morgan fingerprint density at radius 3 is 2.65 bits per heavy atom. The molecule has 0 bridgehead atoms. The van der Waals surface area contributed by atoms with Crippen LogP contribution in [-0.4, -0.2) is 29.9 Å². The zero-order chi connectivity index (χ0) is 15.1. The summed E-state index contributed by atoms with van der Waals surface area (Å²) < 4.78 is 0. The summed E-state index contributed by atoms with van der Waals surface area (Å²) in [6, 6.07) is 12.5. The summed E-state index contributed by atoms with van der Waals surface area (Å²) in [7, 11) is 0. The SMILES string of the molecule is Cl.NC1CCC2CN(C(=O)c3sccc3-c3ccccc3)CC12. The maximum absolute atomic E-state index is 12.9. The van der Waals surface area contributed by atoms with E-state index in [-0.39, 0.29) is 24.4 Å². The fourth-order valence-electron chi connectivity index (χ4n) is 3.94. The Kier molecular flexibility index (Phi) is 4.76. The van der Waals surface area contributed by atoms with E-state index in [1.165, 1.54) is 6.42 Å². The molecule has 1 saturated heterocycles. The number of fused-ring (bicyclic) bond motifs is 1. The van der Waals surface area contributed by atoms with E-state index in [9.17, 15) is 4.79 Å². The normalized spacial score (nSPS) is 26.0. The second kappa shape index (κ2) is 6.63. The van der Waals surface area contributed by atoms with E-state index in [2.05, 4.69) is 18.2 Å². The number of amides is 1. The largest absolute Gasteiger partial charge is 0.337 e. The summed E-state index contributed by atoms with van der Waals surface area (Å²) in [6.07, 6.45) is 2.29. The Hall–Kier alpha value is -1.36. The van der Waals surface area contributed by atoms with E-state index in [1.54, 1.807) is 11.3 Å². The number of carbonyl (C=O) groups is 1. The van der Waals surface area contributed by atoms with Gasteiger partial charge in [-0.05, 0) is 41.7 Å². The molecule has 1 aromatic carbocycles. The second-order valence-electron chi connectivity index (χ2n) is 6.40. The highest BCUT2D eigenvalue weighted by Gasteiger charge is 2.43. The van der Waals surface area contributed by atoms with Gasteiger partial charge in [0.1, 0.15) is 0 Å². The average molecular weight is 349 g/mol. The lowest BCUT2D eigenvalue weighted by atomic mass is 9.98. The van der Waals surface area contributed by atoms with Gasteiger partial charge in [-0.3, -0.25) is 4.79 Å². The number of benzene rings is 1. The Labute approximate surface area is 146 Å². The summed E-state index contributed by atoms with van der Waals surface area (Å²) in [5.74, 6) is 1.29. The Morgan fingerprint density at radius 2 is 1.91 bits per heavy atom. The molecule has 1 aromatic heterocycles. The Balaban J connectivity index is 0.00000156. The van der Waals surface area contributed by atoms with Crippen LogP contribution in [0.25, 0.3) is 11.1 Å². The first-order chi connectivity index (χ1) is 10.7. The van der Waals surface area contributed by atoms with Crippen molar-refractivity contribution in [3.8, 4) is 11.1 Å². The van der Waals surface area contributed by atoms with Crippen molar-refractivity contribution in [2.24, 2.45) is 17.6 Å². The molecule has 1 saturated carbocycles. The smallest absolute Gasteiger partial charge is 0.264 e. The van der Waals surface area contributed by atoms with Crippen LogP contribution in [0.3, 0.4) is 0 Å². The Bertz CT molecular complexity index is 687. The summed E-state index contributed by atoms with van der Waals surface area (Å²) in [4.78, 5) is 15.8. The van der Waals surface area contributed by atoms with Crippen LogP contribution in [-0.2, 0) is 0 Å². The topological polar surface area (TPSA) is 46.3 Å². The third-order valence-electron chi connectivity index (χ3n) is 5.14. The number of nitrogens with two attached hydrogens (primary N) is 1. The number of carbonyl (C=O) groups excluding carboxylic acids is 1. The zero-order valence-corrected chi connectivity index (χ0v) is 14.5. The van der Waals surface area contributed by atoms with Crippen LogP contribution >= 0.6 is 23.7 Å². The molecule has 2 N–H and O–H groups in total. The number of hydrogen-bond acceptors (Lipinski definition) is 3. The maximum atomic E-state index is 12.9. The van der Waals surface area contributed by atoms with Crippen LogP contribution in [0.1, 0.15) is 22.5 Å². The van der Waals surface area contributed by atoms with Crippen LogP contribution in [0, 0.1) is 11.8 Å². The molecule has 0 spiro atoms. The fourth-order valence-corrected chi connectivity index (χ4v) is 4.82. The quantitative estimate of drug-likeness (QED) is 0.900. The zero-order valence-electron chi connectivity index (χ0n) is 12.9. The van der Waals surface area contributed by atoms with Gasteiger partial charge in [-0.2, -0.15) is 0 Å². The highest BCUT2D eigenvalue weighted by Crippen LogP contribution is 2.39. The fraction of sp³-hybridized carbons (Fsp3) is 0.389. The van der Waals surface area contributed by atoms with Crippen molar-refractivity contribution in [1.29, 1.82) is 0 Å². The summed E-state index contributed by atoms with van der Waals surface area (Å²) in [5.41, 5.74) is 8.35. The van der Waals surface area contributed by atoms with E-state index in [1.807, 2.05) is 28.5 Å². The molecule has 1 aliphatic carbocycles. The molecule has 1 aliphatic heterocycles. The van der Waals surface area contributed by atoms with Gasteiger partial charge >= 0.3 is 0 Å². The molecular weight excluding hydrogens is 328 g/mol. The summed E-state index contributed by atoms with van der Waals surface area (Å²) in [6.45, 7) is 1.71. The third kappa shape index (κ3) is 2.91. The highest BCUT2D eigenvalue weighted by atomic mass is 35.5. The van der Waals surface area contributed by atoms with Crippen molar-refractivity contribution in [2.75, 3.05) is 13.1 Å². The molecule has 3 unspecified atom stereocenters. The van der Waals surface area contributed by atoms with Gasteiger partial charge in [0.25, 0.3) is 5.91 Å². The maximum Gasteiger partial charge on any atom is 0.264 e. The average Bonchev–Trinajstić information content (AvgIpc) is 3.25. The number of thiophene rings is 1. The van der Waals surface area contributed by atoms with Gasteiger partial charge in [0.2, 0.25) is 0 Å².